The third kappa shape index (κ3) is 2.00. The Hall–Kier alpha value is -1.80. The molecule has 0 unspecified atom stereocenters. The number of phenolic OH excluding ortho intramolecular Hbond substituents is 1. The van der Waals surface area contributed by atoms with Gasteiger partial charge in [0.1, 0.15) is 5.75 Å². The first-order valence-electron chi connectivity index (χ1n) is 4.88. The summed E-state index contributed by atoms with van der Waals surface area (Å²) in [4.78, 5) is 0. The van der Waals surface area contributed by atoms with Crippen molar-refractivity contribution in [2.24, 2.45) is 5.73 Å². The Morgan fingerprint density at radius 2 is 1.73 bits per heavy atom. The highest BCUT2D eigenvalue weighted by Crippen LogP contribution is 2.29. The van der Waals surface area contributed by atoms with Crippen LogP contribution in [-0.4, -0.2) is 5.11 Å². The summed E-state index contributed by atoms with van der Waals surface area (Å²) in [5, 5.41) is 9.82. The number of nitrogens with two attached hydrogens (primary N) is 1. The van der Waals surface area contributed by atoms with Crippen LogP contribution in [-0.2, 0) is 6.54 Å². The standard InChI is InChI=1S/C13H13NO/c14-9-10-6-7-12(13(15)8-10)11-4-2-1-3-5-11/h1-8,15H,9,14H2. The molecule has 0 radical (unpaired) electrons. The molecule has 15 heavy (non-hydrogen) atoms. The lowest BCUT2D eigenvalue weighted by molar-refractivity contribution is 0.476. The van der Waals surface area contributed by atoms with Gasteiger partial charge in [0, 0.05) is 12.1 Å². The van der Waals surface area contributed by atoms with E-state index in [1.165, 1.54) is 0 Å². The largest absolute Gasteiger partial charge is 0.507 e. The summed E-state index contributed by atoms with van der Waals surface area (Å²) in [6.07, 6.45) is 0. The van der Waals surface area contributed by atoms with E-state index in [-0.39, 0.29) is 5.75 Å². The van der Waals surface area contributed by atoms with Gasteiger partial charge < -0.3 is 10.8 Å². The Labute approximate surface area is 89.0 Å². The fraction of sp³-hybridized carbons (Fsp3) is 0.0769. The van der Waals surface area contributed by atoms with E-state index in [0.717, 1.165) is 16.7 Å². The van der Waals surface area contributed by atoms with Crippen molar-refractivity contribution in [1.29, 1.82) is 0 Å². The van der Waals surface area contributed by atoms with Crippen molar-refractivity contribution in [2.75, 3.05) is 0 Å². The zero-order valence-electron chi connectivity index (χ0n) is 8.35. The van der Waals surface area contributed by atoms with Crippen molar-refractivity contribution in [3.05, 3.63) is 54.1 Å². The maximum absolute atomic E-state index is 9.82. The van der Waals surface area contributed by atoms with E-state index in [1.807, 2.05) is 42.5 Å². The normalized spacial score (nSPS) is 10.2. The van der Waals surface area contributed by atoms with Crippen LogP contribution < -0.4 is 5.73 Å². The molecule has 2 aromatic rings. The molecule has 2 aromatic carbocycles. The average Bonchev–Trinajstić information content (AvgIpc) is 2.30. The molecule has 2 rings (SSSR count). The van der Waals surface area contributed by atoms with Crippen LogP contribution in [0.15, 0.2) is 48.5 Å². The molecule has 76 valence electrons. The molecule has 0 aliphatic heterocycles. The number of hydrogen-bond donors (Lipinski definition) is 2. The first-order valence-corrected chi connectivity index (χ1v) is 4.88. The maximum atomic E-state index is 9.82. The van der Waals surface area contributed by atoms with Crippen molar-refractivity contribution in [3.8, 4) is 16.9 Å². The van der Waals surface area contributed by atoms with Gasteiger partial charge in [-0.05, 0) is 17.2 Å². The van der Waals surface area contributed by atoms with Gasteiger partial charge in [0.25, 0.3) is 0 Å². The first-order chi connectivity index (χ1) is 7.31. The molecule has 0 bridgehead atoms. The summed E-state index contributed by atoms with van der Waals surface area (Å²) < 4.78 is 0. The summed E-state index contributed by atoms with van der Waals surface area (Å²) in [5.41, 5.74) is 8.29. The quantitative estimate of drug-likeness (QED) is 0.780. The smallest absolute Gasteiger partial charge is 0.123 e. The number of rotatable bonds is 2. The van der Waals surface area contributed by atoms with Crippen molar-refractivity contribution in [3.63, 3.8) is 0 Å². The monoisotopic (exact) mass is 199 g/mol. The van der Waals surface area contributed by atoms with Gasteiger partial charge in [-0.15, -0.1) is 0 Å². The molecule has 0 spiro atoms. The van der Waals surface area contributed by atoms with Crippen molar-refractivity contribution in [2.45, 2.75) is 6.54 Å². The summed E-state index contributed by atoms with van der Waals surface area (Å²) in [6, 6.07) is 15.3. The molecule has 0 aromatic heterocycles. The minimum absolute atomic E-state index is 0.282. The lowest BCUT2D eigenvalue weighted by atomic mass is 10.0. The van der Waals surface area contributed by atoms with Crippen molar-refractivity contribution >= 4 is 0 Å². The highest BCUT2D eigenvalue weighted by molar-refractivity contribution is 5.70. The molecule has 0 saturated heterocycles. The molecule has 0 atom stereocenters. The molecular weight excluding hydrogens is 186 g/mol. The Balaban J connectivity index is 2.46. The first kappa shape index (κ1) is 9.74. The fourth-order valence-corrected chi connectivity index (χ4v) is 1.57. The van der Waals surface area contributed by atoms with Gasteiger partial charge in [-0.2, -0.15) is 0 Å². The van der Waals surface area contributed by atoms with Gasteiger partial charge in [-0.3, -0.25) is 0 Å². The molecule has 2 nitrogen and oxygen atoms in total. The maximum Gasteiger partial charge on any atom is 0.123 e. The SMILES string of the molecule is NCc1ccc(-c2ccccc2)c(O)c1. The van der Waals surface area contributed by atoms with Crippen LogP contribution in [0.1, 0.15) is 5.56 Å². The minimum Gasteiger partial charge on any atom is -0.507 e. The third-order valence-electron chi connectivity index (χ3n) is 2.38. The molecule has 0 aliphatic carbocycles. The average molecular weight is 199 g/mol. The zero-order valence-corrected chi connectivity index (χ0v) is 8.35. The second kappa shape index (κ2) is 4.15. The van der Waals surface area contributed by atoms with E-state index < -0.39 is 0 Å². The zero-order chi connectivity index (χ0) is 10.7. The number of hydrogen-bond acceptors (Lipinski definition) is 2. The van der Waals surface area contributed by atoms with Crippen LogP contribution in [0, 0.1) is 0 Å². The highest BCUT2D eigenvalue weighted by atomic mass is 16.3. The Bertz CT molecular complexity index is 451. The second-order valence-electron chi connectivity index (χ2n) is 3.42. The minimum atomic E-state index is 0.282. The van der Waals surface area contributed by atoms with Crippen molar-refractivity contribution in [1.82, 2.24) is 0 Å². The van der Waals surface area contributed by atoms with Gasteiger partial charge in [0.15, 0.2) is 0 Å². The van der Waals surface area contributed by atoms with E-state index in [2.05, 4.69) is 0 Å². The summed E-state index contributed by atoms with van der Waals surface area (Å²) >= 11 is 0. The number of aromatic hydroxyl groups is 1. The van der Waals surface area contributed by atoms with Crippen LogP contribution in [0.5, 0.6) is 5.75 Å². The Kier molecular flexibility index (Phi) is 2.70. The third-order valence-corrected chi connectivity index (χ3v) is 2.38. The molecule has 0 fully saturated rings. The molecule has 0 saturated carbocycles. The second-order valence-corrected chi connectivity index (χ2v) is 3.42. The van der Waals surface area contributed by atoms with Gasteiger partial charge in [-0.1, -0.05) is 42.5 Å². The Morgan fingerprint density at radius 1 is 1.00 bits per heavy atom. The van der Waals surface area contributed by atoms with Crippen molar-refractivity contribution < 1.29 is 5.11 Å². The highest BCUT2D eigenvalue weighted by Gasteiger charge is 2.03. The van der Waals surface area contributed by atoms with Gasteiger partial charge in [0.05, 0.1) is 0 Å². The lowest BCUT2D eigenvalue weighted by Crippen LogP contribution is -1.95. The van der Waals surface area contributed by atoms with E-state index in [0.29, 0.717) is 6.54 Å². The molecule has 3 N–H and O–H groups in total. The van der Waals surface area contributed by atoms with Crippen LogP contribution >= 0.6 is 0 Å². The molecule has 0 aliphatic rings. The van der Waals surface area contributed by atoms with E-state index >= 15 is 0 Å². The summed E-state index contributed by atoms with van der Waals surface area (Å²) in [5.74, 6) is 0.282. The topological polar surface area (TPSA) is 46.2 Å². The number of benzene rings is 2. The molecular formula is C13H13NO. The van der Waals surface area contributed by atoms with E-state index in [4.69, 9.17) is 5.73 Å². The predicted molar refractivity (Wildman–Crippen MR) is 61.4 cm³/mol. The van der Waals surface area contributed by atoms with Crippen LogP contribution in [0.4, 0.5) is 0 Å². The lowest BCUT2D eigenvalue weighted by Gasteiger charge is -2.06. The summed E-state index contributed by atoms with van der Waals surface area (Å²) in [7, 11) is 0. The fourth-order valence-electron chi connectivity index (χ4n) is 1.57. The van der Waals surface area contributed by atoms with Gasteiger partial charge in [-0.25, -0.2) is 0 Å². The number of phenols is 1. The van der Waals surface area contributed by atoms with Crippen LogP contribution in [0.2, 0.25) is 0 Å². The van der Waals surface area contributed by atoms with E-state index in [9.17, 15) is 5.11 Å². The van der Waals surface area contributed by atoms with Gasteiger partial charge in [0.2, 0.25) is 0 Å². The Morgan fingerprint density at radius 3 is 2.33 bits per heavy atom. The molecule has 0 heterocycles. The molecule has 0 amide bonds. The van der Waals surface area contributed by atoms with Crippen LogP contribution in [0.3, 0.4) is 0 Å². The predicted octanol–water partition coefficient (Wildman–Crippen LogP) is 2.52. The summed E-state index contributed by atoms with van der Waals surface area (Å²) in [6.45, 7) is 0.447. The molecule has 2 heteroatoms. The van der Waals surface area contributed by atoms with Gasteiger partial charge >= 0.3 is 0 Å². The van der Waals surface area contributed by atoms with Crippen LogP contribution in [0.25, 0.3) is 11.1 Å². The van der Waals surface area contributed by atoms with E-state index in [1.54, 1.807) is 6.07 Å².